The summed E-state index contributed by atoms with van der Waals surface area (Å²) in [4.78, 5) is 12.2. The number of nitrogens with one attached hydrogen (secondary N) is 1. The second-order valence-corrected chi connectivity index (χ2v) is 8.64. The van der Waals surface area contributed by atoms with Crippen molar-refractivity contribution in [2.24, 2.45) is 5.10 Å². The Hall–Kier alpha value is -2.19. The molecule has 1 amide bonds. The number of rotatable bonds is 6. The van der Waals surface area contributed by atoms with Gasteiger partial charge >= 0.3 is 0 Å². The molecule has 0 saturated heterocycles. The van der Waals surface area contributed by atoms with E-state index < -0.39 is 15.9 Å². The molecule has 1 N–H and O–H groups in total. The van der Waals surface area contributed by atoms with E-state index in [2.05, 4.69) is 26.5 Å². The van der Waals surface area contributed by atoms with Crippen LogP contribution in [-0.4, -0.2) is 33.3 Å². The first-order chi connectivity index (χ1) is 12.2. The summed E-state index contributed by atoms with van der Waals surface area (Å²) < 4.78 is 26.2. The van der Waals surface area contributed by atoms with E-state index in [1.165, 1.54) is 6.21 Å². The van der Waals surface area contributed by atoms with Gasteiger partial charge < -0.3 is 0 Å². The van der Waals surface area contributed by atoms with Gasteiger partial charge in [-0.05, 0) is 31.5 Å². The van der Waals surface area contributed by atoms with E-state index in [-0.39, 0.29) is 6.54 Å². The van der Waals surface area contributed by atoms with Gasteiger partial charge in [0.15, 0.2) is 0 Å². The highest BCUT2D eigenvalue weighted by molar-refractivity contribution is 9.10. The van der Waals surface area contributed by atoms with Crippen molar-refractivity contribution in [2.75, 3.05) is 17.1 Å². The highest BCUT2D eigenvalue weighted by Gasteiger charge is 2.22. The first kappa shape index (κ1) is 20.1. The Labute approximate surface area is 162 Å². The predicted molar refractivity (Wildman–Crippen MR) is 108 cm³/mol. The summed E-state index contributed by atoms with van der Waals surface area (Å²) >= 11 is 3.38. The van der Waals surface area contributed by atoms with Crippen molar-refractivity contribution in [2.45, 2.75) is 13.8 Å². The minimum absolute atomic E-state index is 0.351. The van der Waals surface area contributed by atoms with Gasteiger partial charge in [0, 0.05) is 10.0 Å². The van der Waals surface area contributed by atoms with E-state index in [0.717, 1.165) is 31.7 Å². The first-order valence-corrected chi connectivity index (χ1v) is 10.4. The van der Waals surface area contributed by atoms with Crippen LogP contribution < -0.4 is 9.73 Å². The summed E-state index contributed by atoms with van der Waals surface area (Å²) in [5, 5.41) is 3.89. The number of nitrogens with zero attached hydrogens (tertiary/aromatic N) is 2. The van der Waals surface area contributed by atoms with Crippen LogP contribution in [0.1, 0.15) is 16.7 Å². The van der Waals surface area contributed by atoms with Crippen molar-refractivity contribution in [1.82, 2.24) is 5.43 Å². The molecule has 0 bridgehead atoms. The van der Waals surface area contributed by atoms with Gasteiger partial charge in [-0.3, -0.25) is 9.10 Å². The van der Waals surface area contributed by atoms with Crippen LogP contribution in [0.15, 0.2) is 52.0 Å². The number of anilines is 1. The van der Waals surface area contributed by atoms with E-state index in [0.29, 0.717) is 5.69 Å². The molecule has 0 aromatic heterocycles. The average molecular weight is 438 g/mol. The van der Waals surface area contributed by atoms with Crippen molar-refractivity contribution in [1.29, 1.82) is 0 Å². The molecule has 138 valence electrons. The van der Waals surface area contributed by atoms with Crippen LogP contribution in [0, 0.1) is 13.8 Å². The summed E-state index contributed by atoms with van der Waals surface area (Å²) in [6.45, 7) is 3.38. The molecule has 6 nitrogen and oxygen atoms in total. The van der Waals surface area contributed by atoms with Crippen LogP contribution in [0.3, 0.4) is 0 Å². The zero-order valence-corrected chi connectivity index (χ0v) is 17.1. The number of carbonyl (C=O) groups is 1. The molecule has 0 aliphatic heterocycles. The highest BCUT2D eigenvalue weighted by Crippen LogP contribution is 2.23. The van der Waals surface area contributed by atoms with Gasteiger partial charge in [0.2, 0.25) is 10.0 Å². The fraction of sp³-hybridized carbons (Fsp3) is 0.222. The second kappa shape index (κ2) is 8.46. The number of hydrogen-bond acceptors (Lipinski definition) is 4. The summed E-state index contributed by atoms with van der Waals surface area (Å²) in [6, 6.07) is 12.8. The molecule has 0 heterocycles. The summed E-state index contributed by atoms with van der Waals surface area (Å²) in [5.74, 6) is -0.529. The van der Waals surface area contributed by atoms with Crippen LogP contribution in [0.25, 0.3) is 0 Å². The van der Waals surface area contributed by atoms with Crippen LogP contribution >= 0.6 is 15.9 Å². The topological polar surface area (TPSA) is 78.8 Å². The number of hydrazone groups is 1. The van der Waals surface area contributed by atoms with Crippen LogP contribution in [0.2, 0.25) is 0 Å². The molecule has 2 rings (SSSR count). The van der Waals surface area contributed by atoms with Gasteiger partial charge in [-0.25, -0.2) is 13.8 Å². The van der Waals surface area contributed by atoms with Crippen molar-refractivity contribution < 1.29 is 13.2 Å². The van der Waals surface area contributed by atoms with Gasteiger partial charge in [0.25, 0.3) is 5.91 Å². The van der Waals surface area contributed by atoms with Crippen molar-refractivity contribution in [3.05, 3.63) is 63.6 Å². The lowest BCUT2D eigenvalue weighted by atomic mass is 10.1. The predicted octanol–water partition coefficient (Wildman–Crippen LogP) is 2.98. The summed E-state index contributed by atoms with van der Waals surface area (Å²) in [5.41, 5.74) is 5.43. The first-order valence-electron chi connectivity index (χ1n) is 7.80. The van der Waals surface area contributed by atoms with E-state index in [4.69, 9.17) is 0 Å². The summed E-state index contributed by atoms with van der Waals surface area (Å²) in [7, 11) is -3.62. The molecule has 2 aromatic carbocycles. The highest BCUT2D eigenvalue weighted by atomic mass is 79.9. The third-order valence-corrected chi connectivity index (χ3v) is 5.46. The number of halogens is 1. The molecule has 0 aliphatic rings. The summed E-state index contributed by atoms with van der Waals surface area (Å²) in [6.07, 6.45) is 2.56. The molecule has 2 aromatic rings. The molecule has 0 radical (unpaired) electrons. The lowest BCUT2D eigenvalue weighted by molar-refractivity contribution is -0.119. The lowest BCUT2D eigenvalue weighted by Crippen LogP contribution is -2.39. The molecule has 0 saturated carbocycles. The zero-order valence-electron chi connectivity index (χ0n) is 14.7. The number of aryl methyl sites for hydroxylation is 2. The molecule has 0 unspecified atom stereocenters. The van der Waals surface area contributed by atoms with Crippen LogP contribution in [0.5, 0.6) is 0 Å². The quantitative estimate of drug-likeness (QED) is 0.557. The Morgan fingerprint density at radius 2 is 1.92 bits per heavy atom. The molecular weight excluding hydrogens is 418 g/mol. The Kier molecular flexibility index (Phi) is 6.55. The SMILES string of the molecule is Cc1ccc(N(CC(=O)N/N=C\c2ccccc2Br)S(C)(=O)=O)c(C)c1. The number of carbonyl (C=O) groups excluding carboxylic acids is 1. The van der Waals surface area contributed by atoms with Crippen molar-refractivity contribution in [3.8, 4) is 0 Å². The standard InChI is InChI=1S/C18H20BrN3O3S/c1-13-8-9-17(14(2)10-13)22(26(3,24)25)12-18(23)21-20-11-15-6-4-5-7-16(15)19/h4-11H,12H2,1-3H3,(H,21,23)/b20-11-. The van der Waals surface area contributed by atoms with E-state index in [1.807, 2.05) is 50.2 Å². The normalized spacial score (nSPS) is 11.5. The third-order valence-electron chi connectivity index (χ3n) is 3.61. The molecule has 8 heteroatoms. The maximum Gasteiger partial charge on any atom is 0.260 e. The van der Waals surface area contributed by atoms with E-state index in [1.54, 1.807) is 6.07 Å². The number of sulfonamides is 1. The molecule has 26 heavy (non-hydrogen) atoms. The Balaban J connectivity index is 2.14. The van der Waals surface area contributed by atoms with Gasteiger partial charge in [-0.1, -0.05) is 51.8 Å². The van der Waals surface area contributed by atoms with Gasteiger partial charge in [-0.15, -0.1) is 0 Å². The van der Waals surface area contributed by atoms with E-state index >= 15 is 0 Å². The largest absolute Gasteiger partial charge is 0.271 e. The Bertz CT molecular complexity index is 942. The molecule has 0 spiro atoms. The van der Waals surface area contributed by atoms with Gasteiger partial charge in [0.05, 0.1) is 18.2 Å². The minimum atomic E-state index is -3.62. The minimum Gasteiger partial charge on any atom is -0.271 e. The Morgan fingerprint density at radius 1 is 1.23 bits per heavy atom. The Morgan fingerprint density at radius 3 is 2.54 bits per heavy atom. The van der Waals surface area contributed by atoms with E-state index in [9.17, 15) is 13.2 Å². The monoisotopic (exact) mass is 437 g/mol. The molecule has 0 aliphatic carbocycles. The number of amides is 1. The molecular formula is C18H20BrN3O3S. The van der Waals surface area contributed by atoms with Crippen molar-refractivity contribution >= 4 is 43.8 Å². The molecule has 0 atom stereocenters. The molecule has 0 fully saturated rings. The zero-order chi connectivity index (χ0) is 19.3. The number of hydrogen-bond donors (Lipinski definition) is 1. The lowest BCUT2D eigenvalue weighted by Gasteiger charge is -2.23. The average Bonchev–Trinajstić information content (AvgIpc) is 2.54. The number of benzene rings is 2. The maximum absolute atomic E-state index is 12.2. The van der Waals surface area contributed by atoms with Gasteiger partial charge in [-0.2, -0.15) is 5.10 Å². The fourth-order valence-corrected chi connectivity index (χ4v) is 3.69. The van der Waals surface area contributed by atoms with Crippen LogP contribution in [0.4, 0.5) is 5.69 Å². The second-order valence-electron chi connectivity index (χ2n) is 5.87. The van der Waals surface area contributed by atoms with Crippen molar-refractivity contribution in [3.63, 3.8) is 0 Å². The third kappa shape index (κ3) is 5.40. The smallest absolute Gasteiger partial charge is 0.260 e. The maximum atomic E-state index is 12.2. The van der Waals surface area contributed by atoms with Gasteiger partial charge in [0.1, 0.15) is 6.54 Å². The fourth-order valence-electron chi connectivity index (χ4n) is 2.39. The van der Waals surface area contributed by atoms with Crippen LogP contribution in [-0.2, 0) is 14.8 Å².